The van der Waals surface area contributed by atoms with Crippen molar-refractivity contribution in [2.24, 2.45) is 0 Å². The van der Waals surface area contributed by atoms with Gasteiger partial charge < -0.3 is 9.47 Å². The third kappa shape index (κ3) is 7.65. The number of carbonyl (C=O) groups is 1. The largest absolute Gasteiger partial charge is 0.385 e. The van der Waals surface area contributed by atoms with Crippen molar-refractivity contribution in [1.29, 1.82) is 0 Å². The highest BCUT2D eigenvalue weighted by molar-refractivity contribution is 5.76. The van der Waals surface area contributed by atoms with E-state index in [2.05, 4.69) is 4.90 Å². The second kappa shape index (κ2) is 10.4. The summed E-state index contributed by atoms with van der Waals surface area (Å²) in [5.41, 5.74) is 0. The van der Waals surface area contributed by atoms with Crippen LogP contribution in [-0.4, -0.2) is 56.7 Å². The maximum atomic E-state index is 11.3. The summed E-state index contributed by atoms with van der Waals surface area (Å²) in [6.07, 6.45) is 6.60. The van der Waals surface area contributed by atoms with Crippen LogP contribution in [0.2, 0.25) is 0 Å². The third-order valence-corrected chi connectivity index (χ3v) is 3.68. The smallest absolute Gasteiger partial charge is 0.131 e. The van der Waals surface area contributed by atoms with Gasteiger partial charge in [0.2, 0.25) is 0 Å². The third-order valence-electron chi connectivity index (χ3n) is 3.68. The van der Waals surface area contributed by atoms with E-state index in [1.807, 2.05) is 0 Å². The van der Waals surface area contributed by atoms with Crippen molar-refractivity contribution in [3.63, 3.8) is 0 Å². The van der Waals surface area contributed by atoms with Crippen molar-refractivity contribution in [2.75, 3.05) is 40.0 Å². The molecule has 4 heteroatoms. The molecule has 1 aliphatic rings. The predicted octanol–water partition coefficient (Wildman–Crippen LogP) is 2.26. The fourth-order valence-corrected chi connectivity index (χ4v) is 2.68. The molecule has 0 radical (unpaired) electrons. The molecule has 0 N–H and O–H groups in total. The fraction of sp³-hybridized carbons (Fsp3) is 0.933. The molecule has 1 aliphatic heterocycles. The summed E-state index contributed by atoms with van der Waals surface area (Å²) in [6, 6.07) is 0.433. The Bertz CT molecular complexity index is 246. The molecule has 1 atom stereocenters. The van der Waals surface area contributed by atoms with Gasteiger partial charge in [0.1, 0.15) is 5.78 Å². The molecule has 0 aromatic carbocycles. The van der Waals surface area contributed by atoms with E-state index in [-0.39, 0.29) is 0 Å². The molecule has 19 heavy (non-hydrogen) atoms. The van der Waals surface area contributed by atoms with Gasteiger partial charge in [0.05, 0.1) is 6.61 Å². The molecule has 112 valence electrons. The molecule has 0 bridgehead atoms. The number of Topliss-reactive ketones (excluding diaryl/α,β-unsaturated/α-hetero) is 1. The number of nitrogens with zero attached hydrogens (tertiary/aromatic N) is 1. The molecule has 1 fully saturated rings. The van der Waals surface area contributed by atoms with Crippen molar-refractivity contribution in [3.8, 4) is 0 Å². The van der Waals surface area contributed by atoms with Crippen LogP contribution in [0.1, 0.15) is 45.4 Å². The van der Waals surface area contributed by atoms with E-state index in [1.54, 1.807) is 14.0 Å². The number of hydrogen-bond donors (Lipinski definition) is 0. The van der Waals surface area contributed by atoms with Crippen LogP contribution in [0.25, 0.3) is 0 Å². The summed E-state index contributed by atoms with van der Waals surface area (Å²) in [7, 11) is 1.71. The molecule has 0 saturated carbocycles. The fourth-order valence-electron chi connectivity index (χ4n) is 2.68. The molecule has 0 aromatic heterocycles. The second-order valence-electron chi connectivity index (χ2n) is 5.40. The first-order valence-corrected chi connectivity index (χ1v) is 7.54. The van der Waals surface area contributed by atoms with Crippen LogP contribution in [0.4, 0.5) is 0 Å². The number of rotatable bonds is 9. The second-order valence-corrected chi connectivity index (χ2v) is 5.40. The van der Waals surface area contributed by atoms with Gasteiger partial charge in [-0.25, -0.2) is 0 Å². The summed E-state index contributed by atoms with van der Waals surface area (Å²) >= 11 is 0. The molecular weight excluding hydrogens is 242 g/mol. The number of methoxy groups -OCH3 is 1. The molecule has 0 aliphatic carbocycles. The number of carbonyl (C=O) groups excluding carboxylic acids is 1. The average Bonchev–Trinajstić information content (AvgIpc) is 2.59. The molecule has 1 saturated heterocycles. The van der Waals surface area contributed by atoms with Crippen molar-refractivity contribution < 1.29 is 14.3 Å². The van der Waals surface area contributed by atoms with Crippen molar-refractivity contribution >= 4 is 5.78 Å². The molecule has 4 nitrogen and oxygen atoms in total. The number of hydrogen-bond acceptors (Lipinski definition) is 4. The van der Waals surface area contributed by atoms with Gasteiger partial charge in [-0.3, -0.25) is 9.69 Å². The van der Waals surface area contributed by atoms with Gasteiger partial charge in [0.15, 0.2) is 0 Å². The SMILES string of the molecule is COCCCOCCN1CCCCCC1CC(C)=O. The van der Waals surface area contributed by atoms with Crippen LogP contribution in [-0.2, 0) is 14.3 Å². The Morgan fingerprint density at radius 2 is 2.05 bits per heavy atom. The summed E-state index contributed by atoms with van der Waals surface area (Å²) in [5, 5.41) is 0. The zero-order valence-electron chi connectivity index (χ0n) is 12.5. The first kappa shape index (κ1) is 16.6. The van der Waals surface area contributed by atoms with E-state index < -0.39 is 0 Å². The van der Waals surface area contributed by atoms with Gasteiger partial charge >= 0.3 is 0 Å². The highest BCUT2D eigenvalue weighted by atomic mass is 16.5. The molecule has 0 amide bonds. The van der Waals surface area contributed by atoms with E-state index in [1.165, 1.54) is 19.3 Å². The molecule has 1 heterocycles. The maximum Gasteiger partial charge on any atom is 0.131 e. The predicted molar refractivity (Wildman–Crippen MR) is 76.4 cm³/mol. The van der Waals surface area contributed by atoms with Crippen molar-refractivity contribution in [3.05, 3.63) is 0 Å². The molecular formula is C15H29NO3. The van der Waals surface area contributed by atoms with E-state index in [9.17, 15) is 4.79 Å². The monoisotopic (exact) mass is 271 g/mol. The lowest BCUT2D eigenvalue weighted by Crippen LogP contribution is -2.38. The minimum atomic E-state index is 0.304. The Morgan fingerprint density at radius 3 is 2.79 bits per heavy atom. The quantitative estimate of drug-likeness (QED) is 0.603. The number of likely N-dealkylation sites (tertiary alicyclic amines) is 1. The van der Waals surface area contributed by atoms with Gasteiger partial charge in [-0.2, -0.15) is 0 Å². The zero-order valence-corrected chi connectivity index (χ0v) is 12.5. The molecule has 0 aromatic rings. The van der Waals surface area contributed by atoms with Crippen molar-refractivity contribution in [1.82, 2.24) is 4.90 Å². The first-order chi connectivity index (χ1) is 9.24. The highest BCUT2D eigenvalue weighted by Gasteiger charge is 2.21. The Labute approximate surface area is 117 Å². The topological polar surface area (TPSA) is 38.8 Å². The maximum absolute atomic E-state index is 11.3. The summed E-state index contributed by atoms with van der Waals surface area (Å²) in [4.78, 5) is 13.8. The summed E-state index contributed by atoms with van der Waals surface area (Å²) in [6.45, 7) is 6.04. The lowest BCUT2D eigenvalue weighted by molar-refractivity contribution is -0.118. The van der Waals surface area contributed by atoms with Gasteiger partial charge in [-0.1, -0.05) is 12.8 Å². The average molecular weight is 271 g/mol. The number of ketones is 1. The minimum absolute atomic E-state index is 0.304. The van der Waals surface area contributed by atoms with E-state index >= 15 is 0 Å². The Hall–Kier alpha value is -0.450. The Morgan fingerprint density at radius 1 is 1.21 bits per heavy atom. The minimum Gasteiger partial charge on any atom is -0.385 e. The summed E-state index contributed by atoms with van der Waals surface area (Å²) < 4.78 is 10.6. The van der Waals surface area contributed by atoms with Crippen LogP contribution >= 0.6 is 0 Å². The zero-order chi connectivity index (χ0) is 13.9. The Kier molecular flexibility index (Phi) is 9.05. The molecule has 1 rings (SSSR count). The van der Waals surface area contributed by atoms with Crippen LogP contribution in [0, 0.1) is 0 Å². The first-order valence-electron chi connectivity index (χ1n) is 7.54. The van der Waals surface area contributed by atoms with Crippen molar-refractivity contribution in [2.45, 2.75) is 51.5 Å². The summed E-state index contributed by atoms with van der Waals surface area (Å²) in [5.74, 6) is 0.304. The van der Waals surface area contributed by atoms with Gasteiger partial charge in [0.25, 0.3) is 0 Å². The van der Waals surface area contributed by atoms with Gasteiger partial charge in [-0.15, -0.1) is 0 Å². The lowest BCUT2D eigenvalue weighted by atomic mass is 10.0. The normalized spacial score (nSPS) is 21.3. The van der Waals surface area contributed by atoms with E-state index in [0.717, 1.165) is 45.8 Å². The Balaban J connectivity index is 2.23. The van der Waals surface area contributed by atoms with E-state index in [4.69, 9.17) is 9.47 Å². The van der Waals surface area contributed by atoms with Crippen LogP contribution in [0.3, 0.4) is 0 Å². The van der Waals surface area contributed by atoms with Crippen LogP contribution < -0.4 is 0 Å². The lowest BCUT2D eigenvalue weighted by Gasteiger charge is -2.29. The van der Waals surface area contributed by atoms with Gasteiger partial charge in [0, 0.05) is 39.3 Å². The van der Waals surface area contributed by atoms with Crippen LogP contribution in [0.15, 0.2) is 0 Å². The standard InChI is InChI=1S/C15H29NO3/c1-14(17)13-15-7-4-3-5-8-16(15)9-12-19-11-6-10-18-2/h15H,3-13H2,1-2H3. The number of ether oxygens (including phenoxy) is 2. The highest BCUT2D eigenvalue weighted by Crippen LogP contribution is 2.19. The van der Waals surface area contributed by atoms with Crippen LogP contribution in [0.5, 0.6) is 0 Å². The molecule has 0 spiro atoms. The van der Waals surface area contributed by atoms with E-state index in [0.29, 0.717) is 18.2 Å². The molecule has 1 unspecified atom stereocenters. The van der Waals surface area contributed by atoms with Gasteiger partial charge in [-0.05, 0) is 32.7 Å².